The number of rotatable bonds is 13. The Morgan fingerprint density at radius 1 is 0.841 bits per heavy atom. The van der Waals surface area contributed by atoms with Crippen LogP contribution in [0.3, 0.4) is 0 Å². The molecule has 0 spiro atoms. The number of hydrogen-bond acceptors (Lipinski definition) is 4. The highest BCUT2D eigenvalue weighted by atomic mass is 79.9. The summed E-state index contributed by atoms with van der Waals surface area (Å²) in [5.74, 6) is -0.778. The molecule has 4 rings (SSSR count). The van der Waals surface area contributed by atoms with E-state index in [0.29, 0.717) is 5.69 Å². The van der Waals surface area contributed by atoms with Crippen molar-refractivity contribution >= 4 is 43.5 Å². The second-order valence-electron chi connectivity index (χ2n) is 10.8. The number of anilines is 1. The van der Waals surface area contributed by atoms with Crippen molar-refractivity contribution in [1.82, 2.24) is 10.2 Å². The van der Waals surface area contributed by atoms with Crippen LogP contribution >= 0.6 is 15.9 Å². The van der Waals surface area contributed by atoms with Gasteiger partial charge >= 0.3 is 0 Å². The number of aryl methyl sites for hydroxylation is 1. The first-order chi connectivity index (χ1) is 21.1. The lowest BCUT2D eigenvalue weighted by Gasteiger charge is -2.34. The van der Waals surface area contributed by atoms with Gasteiger partial charge in [-0.05, 0) is 67.8 Å². The lowest BCUT2D eigenvalue weighted by atomic mass is 10.0. The van der Waals surface area contributed by atoms with Crippen LogP contribution in [0.4, 0.5) is 5.69 Å². The summed E-state index contributed by atoms with van der Waals surface area (Å²) in [5, 5.41) is 3.06. The second kappa shape index (κ2) is 15.2. The molecule has 4 aromatic rings. The van der Waals surface area contributed by atoms with Gasteiger partial charge in [-0.25, -0.2) is 8.42 Å². The molecule has 7 nitrogen and oxygen atoms in total. The van der Waals surface area contributed by atoms with Gasteiger partial charge in [0.25, 0.3) is 10.0 Å². The van der Waals surface area contributed by atoms with E-state index in [1.54, 1.807) is 42.5 Å². The Morgan fingerprint density at radius 2 is 1.45 bits per heavy atom. The molecular formula is C35H38BrN3O4S. The molecular weight excluding hydrogens is 638 g/mol. The number of halogens is 1. The standard InChI is InChI=1S/C35H38BrN3O4S/c1-4-27(3)37-35(41)33(23-28-13-7-5-8-14-28)38(24-29-15-11-12-26(2)22-29)34(40)25-39(31-20-18-30(36)19-21-31)44(42,43)32-16-9-6-10-17-32/h5-22,27,33H,4,23-25H2,1-3H3,(H,37,41)/t27-,33-/m0/s1. The Kier molecular flexibility index (Phi) is 11.4. The summed E-state index contributed by atoms with van der Waals surface area (Å²) in [4.78, 5) is 30.0. The van der Waals surface area contributed by atoms with Crippen LogP contribution in [0.5, 0.6) is 0 Å². The van der Waals surface area contributed by atoms with Crippen LogP contribution in [-0.4, -0.2) is 43.8 Å². The highest BCUT2D eigenvalue weighted by molar-refractivity contribution is 9.10. The molecule has 1 N–H and O–H groups in total. The Morgan fingerprint density at radius 3 is 2.07 bits per heavy atom. The van der Waals surface area contributed by atoms with Crippen LogP contribution in [0.15, 0.2) is 119 Å². The fourth-order valence-electron chi connectivity index (χ4n) is 4.86. The molecule has 0 heterocycles. The molecule has 9 heteroatoms. The number of nitrogens with zero attached hydrogens (tertiary/aromatic N) is 2. The van der Waals surface area contributed by atoms with Gasteiger partial charge < -0.3 is 10.2 Å². The van der Waals surface area contributed by atoms with Gasteiger partial charge in [0.15, 0.2) is 0 Å². The van der Waals surface area contributed by atoms with E-state index < -0.39 is 28.5 Å². The van der Waals surface area contributed by atoms with Crippen LogP contribution in [-0.2, 0) is 32.6 Å². The predicted molar refractivity (Wildman–Crippen MR) is 179 cm³/mol. The van der Waals surface area contributed by atoms with Crippen molar-refractivity contribution in [1.29, 1.82) is 0 Å². The van der Waals surface area contributed by atoms with E-state index in [-0.39, 0.29) is 29.8 Å². The van der Waals surface area contributed by atoms with Crippen molar-refractivity contribution < 1.29 is 18.0 Å². The maximum absolute atomic E-state index is 14.5. The van der Waals surface area contributed by atoms with E-state index in [1.165, 1.54) is 17.0 Å². The van der Waals surface area contributed by atoms with Gasteiger partial charge in [-0.15, -0.1) is 0 Å². The summed E-state index contributed by atoms with van der Waals surface area (Å²) < 4.78 is 29.9. The topological polar surface area (TPSA) is 86.8 Å². The van der Waals surface area contributed by atoms with Crippen molar-refractivity contribution in [2.45, 2.75) is 57.1 Å². The molecule has 4 aromatic carbocycles. The molecule has 0 radical (unpaired) electrons. The maximum atomic E-state index is 14.5. The van der Waals surface area contributed by atoms with E-state index >= 15 is 0 Å². The molecule has 0 fully saturated rings. The number of hydrogen-bond donors (Lipinski definition) is 1. The van der Waals surface area contributed by atoms with Gasteiger partial charge in [-0.3, -0.25) is 13.9 Å². The number of carbonyl (C=O) groups excluding carboxylic acids is 2. The lowest BCUT2D eigenvalue weighted by molar-refractivity contribution is -0.140. The van der Waals surface area contributed by atoms with Crippen molar-refractivity contribution in [3.63, 3.8) is 0 Å². The number of carbonyl (C=O) groups is 2. The van der Waals surface area contributed by atoms with Crippen LogP contribution < -0.4 is 9.62 Å². The average Bonchev–Trinajstić information content (AvgIpc) is 3.02. The largest absolute Gasteiger partial charge is 0.352 e. The van der Waals surface area contributed by atoms with Gasteiger partial charge in [0, 0.05) is 23.5 Å². The predicted octanol–water partition coefficient (Wildman–Crippen LogP) is 6.51. The molecule has 0 bridgehead atoms. The first-order valence-corrected chi connectivity index (χ1v) is 16.8. The number of benzene rings is 4. The molecule has 2 amide bonds. The minimum Gasteiger partial charge on any atom is -0.352 e. The third-order valence-corrected chi connectivity index (χ3v) is 9.75. The molecule has 0 aliphatic rings. The van der Waals surface area contributed by atoms with Crippen molar-refractivity contribution in [2.75, 3.05) is 10.8 Å². The number of sulfonamides is 1. The Hall–Kier alpha value is -3.95. The zero-order chi connectivity index (χ0) is 31.7. The average molecular weight is 677 g/mol. The van der Waals surface area contributed by atoms with Gasteiger partial charge in [-0.1, -0.05) is 101 Å². The molecule has 0 aliphatic carbocycles. The van der Waals surface area contributed by atoms with Crippen molar-refractivity contribution in [3.8, 4) is 0 Å². The summed E-state index contributed by atoms with van der Waals surface area (Å²) in [6, 6.07) is 31.1. The minimum absolute atomic E-state index is 0.0660. The molecule has 0 saturated heterocycles. The maximum Gasteiger partial charge on any atom is 0.264 e. The molecule has 0 saturated carbocycles. The van der Waals surface area contributed by atoms with Gasteiger partial charge in [0.05, 0.1) is 10.6 Å². The van der Waals surface area contributed by atoms with E-state index in [1.807, 2.05) is 75.4 Å². The van der Waals surface area contributed by atoms with Crippen LogP contribution in [0.2, 0.25) is 0 Å². The lowest BCUT2D eigenvalue weighted by Crippen LogP contribution is -2.54. The molecule has 44 heavy (non-hydrogen) atoms. The quantitative estimate of drug-likeness (QED) is 0.175. The zero-order valence-electron chi connectivity index (χ0n) is 25.2. The number of nitrogens with one attached hydrogen (secondary N) is 1. The second-order valence-corrected chi connectivity index (χ2v) is 13.6. The summed E-state index contributed by atoms with van der Waals surface area (Å²) in [6.07, 6.45) is 0.993. The molecule has 0 aromatic heterocycles. The fourth-order valence-corrected chi connectivity index (χ4v) is 6.56. The van der Waals surface area contributed by atoms with Gasteiger partial charge in [-0.2, -0.15) is 0 Å². The first kappa shape index (κ1) is 33.0. The highest BCUT2D eigenvalue weighted by Gasteiger charge is 2.35. The third kappa shape index (κ3) is 8.57. The Labute approximate surface area is 269 Å². The molecule has 2 atom stereocenters. The summed E-state index contributed by atoms with van der Waals surface area (Å²) in [6.45, 7) is 5.51. The smallest absolute Gasteiger partial charge is 0.264 e. The monoisotopic (exact) mass is 675 g/mol. The van der Waals surface area contributed by atoms with E-state index in [9.17, 15) is 18.0 Å². The first-order valence-electron chi connectivity index (χ1n) is 14.6. The third-order valence-electron chi connectivity index (χ3n) is 7.43. The van der Waals surface area contributed by atoms with E-state index in [0.717, 1.165) is 31.9 Å². The SMILES string of the molecule is CC[C@H](C)NC(=O)[C@H](Cc1ccccc1)N(Cc1cccc(C)c1)C(=O)CN(c1ccc(Br)cc1)S(=O)(=O)c1ccccc1. The van der Waals surface area contributed by atoms with Gasteiger partial charge in [0.2, 0.25) is 11.8 Å². The highest BCUT2D eigenvalue weighted by Crippen LogP contribution is 2.26. The molecule has 0 unspecified atom stereocenters. The zero-order valence-corrected chi connectivity index (χ0v) is 27.6. The van der Waals surface area contributed by atoms with Crippen LogP contribution in [0.1, 0.15) is 37.0 Å². The van der Waals surface area contributed by atoms with Crippen molar-refractivity contribution in [2.24, 2.45) is 0 Å². The molecule has 0 aliphatic heterocycles. The normalized spacial score (nSPS) is 12.6. The summed E-state index contributed by atoms with van der Waals surface area (Å²) >= 11 is 3.41. The minimum atomic E-state index is -4.13. The van der Waals surface area contributed by atoms with Crippen LogP contribution in [0, 0.1) is 6.92 Å². The number of amides is 2. The Bertz CT molecular complexity index is 1650. The fraction of sp³-hybridized carbons (Fsp3) is 0.257. The van der Waals surface area contributed by atoms with Gasteiger partial charge in [0.1, 0.15) is 12.6 Å². The van der Waals surface area contributed by atoms with Crippen LogP contribution in [0.25, 0.3) is 0 Å². The summed E-state index contributed by atoms with van der Waals surface area (Å²) in [5.41, 5.74) is 3.08. The van der Waals surface area contributed by atoms with E-state index in [4.69, 9.17) is 0 Å². The molecule has 230 valence electrons. The Balaban J connectivity index is 1.80. The van der Waals surface area contributed by atoms with Crippen molar-refractivity contribution in [3.05, 3.63) is 130 Å². The summed E-state index contributed by atoms with van der Waals surface area (Å²) in [7, 11) is -4.13. The van der Waals surface area contributed by atoms with E-state index in [2.05, 4.69) is 21.2 Å².